The highest BCUT2D eigenvalue weighted by Gasteiger charge is 2.21. The van der Waals surface area contributed by atoms with Crippen LogP contribution in [-0.4, -0.2) is 31.9 Å². The second kappa shape index (κ2) is 9.15. The van der Waals surface area contributed by atoms with E-state index in [1.165, 1.54) is 35.5 Å². The van der Waals surface area contributed by atoms with Crippen LogP contribution in [0.3, 0.4) is 0 Å². The van der Waals surface area contributed by atoms with Crippen molar-refractivity contribution in [2.24, 2.45) is 0 Å². The average molecular weight is 452 g/mol. The number of halogens is 4. The SMILES string of the molecule is O=C(O)c1ccc(CN(Cc2nccc(Cl)c2Cl)C(=O)c2cc(F)cc(F)c2)cn1. The van der Waals surface area contributed by atoms with E-state index in [9.17, 15) is 18.4 Å². The first-order chi connectivity index (χ1) is 14.2. The van der Waals surface area contributed by atoms with E-state index >= 15 is 0 Å². The van der Waals surface area contributed by atoms with Gasteiger partial charge in [0.25, 0.3) is 5.91 Å². The summed E-state index contributed by atoms with van der Waals surface area (Å²) in [6.07, 6.45) is 2.71. The molecule has 0 atom stereocenters. The molecular weight excluding hydrogens is 439 g/mol. The van der Waals surface area contributed by atoms with Crippen LogP contribution in [0.1, 0.15) is 32.1 Å². The lowest BCUT2D eigenvalue weighted by atomic mass is 10.1. The molecule has 0 aliphatic carbocycles. The van der Waals surface area contributed by atoms with Gasteiger partial charge in [-0.1, -0.05) is 29.3 Å². The van der Waals surface area contributed by atoms with E-state index in [0.717, 1.165) is 12.1 Å². The molecule has 3 rings (SSSR count). The topological polar surface area (TPSA) is 83.4 Å². The van der Waals surface area contributed by atoms with E-state index in [1.807, 2.05) is 0 Å². The second-order valence-electron chi connectivity index (χ2n) is 6.23. The number of aromatic carboxylic acids is 1. The Morgan fingerprint density at radius 2 is 1.70 bits per heavy atom. The molecule has 2 heterocycles. The summed E-state index contributed by atoms with van der Waals surface area (Å²) in [5.41, 5.74) is 0.400. The molecular formula is C20H13Cl2F2N3O3. The number of pyridine rings is 2. The van der Waals surface area contributed by atoms with E-state index in [4.69, 9.17) is 28.3 Å². The maximum Gasteiger partial charge on any atom is 0.354 e. The molecule has 154 valence electrons. The van der Waals surface area contributed by atoms with Gasteiger partial charge in [0, 0.05) is 30.6 Å². The van der Waals surface area contributed by atoms with Crippen LogP contribution in [0.2, 0.25) is 10.0 Å². The van der Waals surface area contributed by atoms with E-state index < -0.39 is 23.5 Å². The number of amides is 1. The lowest BCUT2D eigenvalue weighted by Crippen LogP contribution is -2.31. The van der Waals surface area contributed by atoms with Crippen molar-refractivity contribution in [2.75, 3.05) is 0 Å². The maximum absolute atomic E-state index is 13.6. The fourth-order valence-electron chi connectivity index (χ4n) is 2.68. The molecule has 3 aromatic rings. The Morgan fingerprint density at radius 1 is 1.00 bits per heavy atom. The first-order valence-corrected chi connectivity index (χ1v) is 9.22. The Hall–Kier alpha value is -3.10. The van der Waals surface area contributed by atoms with Crippen LogP contribution in [-0.2, 0) is 13.1 Å². The van der Waals surface area contributed by atoms with Crippen molar-refractivity contribution in [3.63, 3.8) is 0 Å². The predicted molar refractivity (Wildman–Crippen MR) is 105 cm³/mol. The number of nitrogens with zero attached hydrogens (tertiary/aromatic N) is 3. The molecule has 0 aliphatic heterocycles. The van der Waals surface area contributed by atoms with Gasteiger partial charge in [0.15, 0.2) is 0 Å². The molecule has 0 saturated heterocycles. The van der Waals surface area contributed by atoms with Gasteiger partial charge in [0.1, 0.15) is 17.3 Å². The summed E-state index contributed by atoms with van der Waals surface area (Å²) in [5, 5.41) is 9.34. The number of carboxylic acid groups (broad SMARTS) is 1. The molecule has 30 heavy (non-hydrogen) atoms. The molecule has 0 fully saturated rings. The molecule has 0 unspecified atom stereocenters. The standard InChI is InChI=1S/C20H13Cl2F2N3O3/c21-15-3-4-25-17(18(15)22)10-27(9-11-1-2-16(20(29)30)26-8-11)19(28)12-5-13(23)7-14(24)6-12/h1-8H,9-10H2,(H,29,30). The van der Waals surface area contributed by atoms with Crippen LogP contribution in [0.5, 0.6) is 0 Å². The summed E-state index contributed by atoms with van der Waals surface area (Å²) in [5.74, 6) is -3.68. The van der Waals surface area contributed by atoms with Crippen molar-refractivity contribution >= 4 is 35.1 Å². The molecule has 0 saturated carbocycles. The van der Waals surface area contributed by atoms with E-state index in [2.05, 4.69) is 9.97 Å². The van der Waals surface area contributed by atoms with Crippen molar-refractivity contribution in [1.82, 2.24) is 14.9 Å². The van der Waals surface area contributed by atoms with Gasteiger partial charge in [-0.05, 0) is 29.8 Å². The van der Waals surface area contributed by atoms with Gasteiger partial charge in [0.05, 0.1) is 22.3 Å². The fourth-order valence-corrected chi connectivity index (χ4v) is 3.01. The Bertz CT molecular complexity index is 1090. The quantitative estimate of drug-likeness (QED) is 0.591. The molecule has 0 spiro atoms. The first-order valence-electron chi connectivity index (χ1n) is 8.47. The second-order valence-corrected chi connectivity index (χ2v) is 7.01. The van der Waals surface area contributed by atoms with Crippen LogP contribution in [0, 0.1) is 11.6 Å². The number of benzene rings is 1. The lowest BCUT2D eigenvalue weighted by molar-refractivity contribution is 0.0686. The molecule has 10 heteroatoms. The first kappa shape index (κ1) is 21.6. The van der Waals surface area contributed by atoms with Gasteiger partial charge >= 0.3 is 5.97 Å². The Labute approximate surface area is 179 Å². The molecule has 1 N–H and O–H groups in total. The zero-order valence-electron chi connectivity index (χ0n) is 15.2. The van der Waals surface area contributed by atoms with E-state index in [1.54, 1.807) is 0 Å². The lowest BCUT2D eigenvalue weighted by Gasteiger charge is -2.23. The van der Waals surface area contributed by atoms with Crippen molar-refractivity contribution in [3.8, 4) is 0 Å². The van der Waals surface area contributed by atoms with E-state index in [-0.39, 0.29) is 40.1 Å². The molecule has 0 bridgehead atoms. The molecule has 6 nitrogen and oxygen atoms in total. The molecule has 0 aliphatic rings. The van der Waals surface area contributed by atoms with Crippen LogP contribution in [0.4, 0.5) is 8.78 Å². The van der Waals surface area contributed by atoms with Crippen LogP contribution in [0.25, 0.3) is 0 Å². The molecule has 2 aromatic heterocycles. The highest BCUT2D eigenvalue weighted by Crippen LogP contribution is 2.26. The summed E-state index contributed by atoms with van der Waals surface area (Å²) in [6.45, 7) is -0.161. The third-order valence-electron chi connectivity index (χ3n) is 4.07. The number of hydrogen-bond acceptors (Lipinski definition) is 4. The Morgan fingerprint density at radius 3 is 2.30 bits per heavy atom. The number of carbonyl (C=O) groups excluding carboxylic acids is 1. The minimum Gasteiger partial charge on any atom is -0.477 e. The molecule has 1 aromatic carbocycles. The van der Waals surface area contributed by atoms with Crippen molar-refractivity contribution in [3.05, 3.63) is 93.0 Å². The molecule has 1 amide bonds. The van der Waals surface area contributed by atoms with Crippen LogP contribution >= 0.6 is 23.2 Å². The van der Waals surface area contributed by atoms with Gasteiger partial charge in [0.2, 0.25) is 0 Å². The van der Waals surface area contributed by atoms with Gasteiger partial charge in [-0.2, -0.15) is 0 Å². The monoisotopic (exact) mass is 451 g/mol. The average Bonchev–Trinajstić information content (AvgIpc) is 2.70. The fraction of sp³-hybridized carbons (Fsp3) is 0.100. The normalized spacial score (nSPS) is 10.7. The summed E-state index contributed by atoms with van der Waals surface area (Å²) in [4.78, 5) is 33.1. The van der Waals surface area contributed by atoms with Gasteiger partial charge in [-0.25, -0.2) is 18.6 Å². The number of hydrogen-bond donors (Lipinski definition) is 1. The summed E-state index contributed by atoms with van der Waals surface area (Å²) in [6, 6.07) is 6.73. The predicted octanol–water partition coefficient (Wildman–Crippen LogP) is 4.60. The third-order valence-corrected chi connectivity index (χ3v) is 4.90. The van der Waals surface area contributed by atoms with Crippen molar-refractivity contribution in [1.29, 1.82) is 0 Å². The number of carboxylic acids is 1. The minimum atomic E-state index is -1.19. The largest absolute Gasteiger partial charge is 0.477 e. The zero-order chi connectivity index (χ0) is 21.8. The van der Waals surface area contributed by atoms with E-state index in [0.29, 0.717) is 11.6 Å². The smallest absolute Gasteiger partial charge is 0.354 e. The van der Waals surface area contributed by atoms with Crippen molar-refractivity contribution in [2.45, 2.75) is 13.1 Å². The highest BCUT2D eigenvalue weighted by molar-refractivity contribution is 6.42. The summed E-state index contributed by atoms with van der Waals surface area (Å²) < 4.78 is 27.2. The zero-order valence-corrected chi connectivity index (χ0v) is 16.7. The van der Waals surface area contributed by atoms with Crippen molar-refractivity contribution < 1.29 is 23.5 Å². The van der Waals surface area contributed by atoms with Gasteiger partial charge in [-0.15, -0.1) is 0 Å². The maximum atomic E-state index is 13.6. The van der Waals surface area contributed by atoms with Gasteiger partial charge in [-0.3, -0.25) is 9.78 Å². The number of rotatable bonds is 6. The van der Waals surface area contributed by atoms with Gasteiger partial charge < -0.3 is 10.0 Å². The highest BCUT2D eigenvalue weighted by atomic mass is 35.5. The minimum absolute atomic E-state index is 0.0472. The Kier molecular flexibility index (Phi) is 6.59. The number of carbonyl (C=O) groups is 2. The number of aromatic nitrogens is 2. The molecule has 0 radical (unpaired) electrons. The third kappa shape index (κ3) is 5.08. The summed E-state index contributed by atoms with van der Waals surface area (Å²) >= 11 is 12.2. The summed E-state index contributed by atoms with van der Waals surface area (Å²) in [7, 11) is 0. The van der Waals surface area contributed by atoms with Crippen LogP contribution < -0.4 is 0 Å². The Balaban J connectivity index is 1.95. The van der Waals surface area contributed by atoms with Crippen LogP contribution in [0.15, 0.2) is 48.8 Å².